The summed E-state index contributed by atoms with van der Waals surface area (Å²) in [6, 6.07) is 8.55. The first-order chi connectivity index (χ1) is 16.8. The smallest absolute Gasteiger partial charge is 0.164 e. The summed E-state index contributed by atoms with van der Waals surface area (Å²) in [5, 5.41) is 25.3. The van der Waals surface area contributed by atoms with E-state index in [2.05, 4.69) is 57.3 Å². The number of hydrogen-bond acceptors (Lipinski definition) is 4. The molecule has 1 saturated heterocycles. The molecule has 0 spiro atoms. The van der Waals surface area contributed by atoms with Crippen molar-refractivity contribution in [2.45, 2.75) is 97.7 Å². The van der Waals surface area contributed by atoms with E-state index in [1.807, 2.05) is 13.8 Å². The Bertz CT molecular complexity index is 756. The Labute approximate surface area is 213 Å². The molecule has 0 amide bonds. The lowest BCUT2D eigenvalue weighted by Crippen LogP contribution is -2.19. The van der Waals surface area contributed by atoms with Gasteiger partial charge in [0.15, 0.2) is 5.83 Å². The van der Waals surface area contributed by atoms with E-state index >= 15 is 0 Å². The van der Waals surface area contributed by atoms with E-state index in [1.165, 1.54) is 11.1 Å². The van der Waals surface area contributed by atoms with Gasteiger partial charge in [0.2, 0.25) is 0 Å². The first-order valence-corrected chi connectivity index (χ1v) is 12.9. The van der Waals surface area contributed by atoms with Gasteiger partial charge >= 0.3 is 0 Å². The van der Waals surface area contributed by atoms with Gasteiger partial charge in [0.1, 0.15) is 5.76 Å². The van der Waals surface area contributed by atoms with Crippen molar-refractivity contribution in [3.05, 3.63) is 71.8 Å². The van der Waals surface area contributed by atoms with E-state index in [0.29, 0.717) is 25.2 Å². The molecule has 200 valence electrons. The number of allylic oxidation sites excluding steroid dienone is 4. The second kappa shape index (κ2) is 18.3. The highest BCUT2D eigenvalue weighted by atomic mass is 19.1. The Kier molecular flexibility index (Phi) is 17.3. The van der Waals surface area contributed by atoms with Crippen molar-refractivity contribution in [2.24, 2.45) is 5.41 Å². The third-order valence-corrected chi connectivity index (χ3v) is 6.32. The second-order valence-corrected chi connectivity index (χ2v) is 9.22. The van der Waals surface area contributed by atoms with Crippen LogP contribution >= 0.6 is 0 Å². The van der Waals surface area contributed by atoms with Crippen LogP contribution in [-0.2, 0) is 17.6 Å². The van der Waals surface area contributed by atoms with Gasteiger partial charge in [0.25, 0.3) is 0 Å². The Morgan fingerprint density at radius 3 is 2.14 bits per heavy atom. The molecule has 1 fully saturated rings. The Morgan fingerprint density at radius 1 is 1.00 bits per heavy atom. The van der Waals surface area contributed by atoms with E-state index in [4.69, 9.17) is 14.9 Å². The van der Waals surface area contributed by atoms with E-state index in [1.54, 1.807) is 0 Å². The van der Waals surface area contributed by atoms with Crippen LogP contribution < -0.4 is 0 Å². The summed E-state index contributed by atoms with van der Waals surface area (Å²) in [4.78, 5) is 0. The molecule has 4 nitrogen and oxygen atoms in total. The van der Waals surface area contributed by atoms with Crippen LogP contribution in [0.5, 0.6) is 0 Å². The minimum Gasteiger partial charge on any atom is -0.494 e. The largest absolute Gasteiger partial charge is 0.494 e. The molecule has 2 aliphatic rings. The molecule has 1 aliphatic heterocycles. The van der Waals surface area contributed by atoms with Crippen LogP contribution in [0.1, 0.15) is 83.8 Å². The van der Waals surface area contributed by atoms with Crippen LogP contribution in [0.15, 0.2) is 60.7 Å². The summed E-state index contributed by atoms with van der Waals surface area (Å²) in [6.45, 7) is 14.9. The van der Waals surface area contributed by atoms with Crippen LogP contribution in [0.25, 0.3) is 0 Å². The summed E-state index contributed by atoms with van der Waals surface area (Å²) in [6.07, 6.45) is 9.22. The fourth-order valence-electron chi connectivity index (χ4n) is 4.19. The Balaban J connectivity index is 0.000000702. The van der Waals surface area contributed by atoms with Crippen LogP contribution in [0, 0.1) is 5.41 Å². The molecule has 3 rings (SSSR count). The lowest BCUT2D eigenvalue weighted by Gasteiger charge is -2.27. The molecule has 0 radical (unpaired) electrons. The van der Waals surface area contributed by atoms with Crippen molar-refractivity contribution < 1.29 is 24.4 Å². The Hall–Kier alpha value is -1.95. The summed E-state index contributed by atoms with van der Waals surface area (Å²) in [5.74, 6) is 0.460. The van der Waals surface area contributed by atoms with Crippen molar-refractivity contribution in [3.8, 4) is 0 Å². The third-order valence-electron chi connectivity index (χ3n) is 6.32. The normalized spacial score (nSPS) is 19.9. The van der Waals surface area contributed by atoms with Gasteiger partial charge in [-0.05, 0) is 55.2 Å². The van der Waals surface area contributed by atoms with Crippen molar-refractivity contribution in [1.82, 2.24) is 0 Å². The summed E-state index contributed by atoms with van der Waals surface area (Å²) in [7, 11) is 1.00. The highest BCUT2D eigenvalue weighted by Gasteiger charge is 2.41. The van der Waals surface area contributed by atoms with Crippen molar-refractivity contribution >= 4 is 0 Å². The van der Waals surface area contributed by atoms with Crippen LogP contribution in [-0.4, -0.2) is 41.2 Å². The third kappa shape index (κ3) is 11.1. The Morgan fingerprint density at radius 2 is 1.60 bits per heavy atom. The molecule has 3 atom stereocenters. The number of halogens is 1. The molecule has 1 aromatic carbocycles. The van der Waals surface area contributed by atoms with Gasteiger partial charge in [0, 0.05) is 18.9 Å². The van der Waals surface area contributed by atoms with E-state index in [-0.39, 0.29) is 23.4 Å². The standard InChI is InChI=1S/C19H23FO.C8H18O2.C2H4.CH4O/c1-3-4-14-5-7-15(8-6-14)13-16-9-10-19(2)11-12-21-18(19)17(16)20;1-3-5-8(10)6-7(9)4-2;2*1-2/h5-9H,3-4,10-13H2,1-2H3;7-10H,3-6H2,1-2H3;1-2H2;2H,1H3. The number of aliphatic hydroxyl groups is 3. The molecule has 5 heteroatoms. The molecule has 3 unspecified atom stereocenters. The van der Waals surface area contributed by atoms with Crippen molar-refractivity contribution in [1.29, 1.82) is 0 Å². The predicted octanol–water partition coefficient (Wildman–Crippen LogP) is 6.84. The topological polar surface area (TPSA) is 69.9 Å². The van der Waals surface area contributed by atoms with Gasteiger partial charge in [-0.25, -0.2) is 4.39 Å². The summed E-state index contributed by atoms with van der Waals surface area (Å²) < 4.78 is 20.2. The van der Waals surface area contributed by atoms with E-state index in [9.17, 15) is 9.50 Å². The van der Waals surface area contributed by atoms with Gasteiger partial charge in [-0.1, -0.05) is 70.9 Å². The SMILES string of the molecule is C=C.CCCC(O)CC(O)CC.CCCc1ccc(CC2=CCC3(C)CCOC3=C2F)cc1.CO. The molecule has 0 aromatic heterocycles. The number of benzene rings is 1. The minimum absolute atomic E-state index is 0.113. The molecular formula is C30H49FO4. The second-order valence-electron chi connectivity index (χ2n) is 9.22. The monoisotopic (exact) mass is 492 g/mol. The van der Waals surface area contributed by atoms with Gasteiger partial charge in [-0.3, -0.25) is 0 Å². The number of rotatable bonds is 9. The van der Waals surface area contributed by atoms with Gasteiger partial charge in [-0.15, -0.1) is 13.2 Å². The minimum atomic E-state index is -0.318. The lowest BCUT2D eigenvalue weighted by atomic mass is 9.78. The molecule has 35 heavy (non-hydrogen) atoms. The van der Waals surface area contributed by atoms with Crippen molar-refractivity contribution in [3.63, 3.8) is 0 Å². The van der Waals surface area contributed by atoms with Crippen LogP contribution in [0.3, 0.4) is 0 Å². The van der Waals surface area contributed by atoms with Crippen LogP contribution in [0.2, 0.25) is 0 Å². The molecule has 1 heterocycles. The highest BCUT2D eigenvalue weighted by molar-refractivity contribution is 5.40. The molecule has 1 aromatic rings. The number of aryl methyl sites for hydroxylation is 1. The highest BCUT2D eigenvalue weighted by Crippen LogP contribution is 2.48. The number of fused-ring (bicyclic) bond motifs is 1. The fourth-order valence-corrected chi connectivity index (χ4v) is 4.19. The number of aliphatic hydroxyl groups excluding tert-OH is 3. The number of hydrogen-bond donors (Lipinski definition) is 3. The lowest BCUT2D eigenvalue weighted by molar-refractivity contribution is 0.0733. The molecule has 0 bridgehead atoms. The first-order valence-electron chi connectivity index (χ1n) is 12.9. The average Bonchev–Trinajstić information content (AvgIpc) is 3.28. The quantitative estimate of drug-likeness (QED) is 0.330. The summed E-state index contributed by atoms with van der Waals surface area (Å²) in [5.41, 5.74) is 3.19. The van der Waals surface area contributed by atoms with Gasteiger partial charge in [-0.2, -0.15) is 0 Å². The molecule has 3 N–H and O–H groups in total. The molecule has 1 aliphatic carbocycles. The maximum atomic E-state index is 14.6. The van der Waals surface area contributed by atoms with Crippen LogP contribution in [0.4, 0.5) is 4.39 Å². The zero-order valence-corrected chi connectivity index (χ0v) is 22.7. The van der Waals surface area contributed by atoms with Crippen molar-refractivity contribution in [2.75, 3.05) is 13.7 Å². The predicted molar refractivity (Wildman–Crippen MR) is 145 cm³/mol. The first kappa shape index (κ1) is 33.0. The maximum absolute atomic E-state index is 14.6. The molecule has 0 saturated carbocycles. The van der Waals surface area contributed by atoms with Gasteiger partial charge in [0.05, 0.1) is 18.8 Å². The fraction of sp³-hybridized carbons (Fsp3) is 0.600. The summed E-state index contributed by atoms with van der Waals surface area (Å²) >= 11 is 0. The maximum Gasteiger partial charge on any atom is 0.164 e. The van der Waals surface area contributed by atoms with Gasteiger partial charge < -0.3 is 20.1 Å². The zero-order chi connectivity index (χ0) is 26.9. The van der Waals surface area contributed by atoms with E-state index in [0.717, 1.165) is 57.6 Å². The van der Waals surface area contributed by atoms with E-state index < -0.39 is 0 Å². The zero-order valence-electron chi connectivity index (χ0n) is 22.7. The average molecular weight is 493 g/mol. The molecular weight excluding hydrogens is 443 g/mol. The number of ether oxygens (including phenoxy) is 1.